The molecule has 0 radical (unpaired) electrons. The van der Waals surface area contributed by atoms with Gasteiger partial charge in [0.05, 0.1) is 6.20 Å². The van der Waals surface area contributed by atoms with Gasteiger partial charge >= 0.3 is 0 Å². The van der Waals surface area contributed by atoms with Crippen molar-refractivity contribution in [2.24, 2.45) is 0 Å². The van der Waals surface area contributed by atoms with Gasteiger partial charge in [0, 0.05) is 6.04 Å². The zero-order chi connectivity index (χ0) is 10.2. The van der Waals surface area contributed by atoms with Gasteiger partial charge in [0.25, 0.3) is 10.0 Å². The number of nitrogens with one attached hydrogen (secondary N) is 2. The van der Waals surface area contributed by atoms with Gasteiger partial charge in [-0.1, -0.05) is 6.42 Å². The van der Waals surface area contributed by atoms with E-state index < -0.39 is 10.0 Å². The third kappa shape index (κ3) is 1.80. The van der Waals surface area contributed by atoms with Gasteiger partial charge in [-0.15, -0.1) is 0 Å². The van der Waals surface area contributed by atoms with Crippen molar-refractivity contribution in [3.63, 3.8) is 0 Å². The maximum absolute atomic E-state index is 11.7. The molecule has 2 rings (SSSR count). The molecule has 14 heavy (non-hydrogen) atoms. The number of aryl methyl sites for hydroxylation is 1. The van der Waals surface area contributed by atoms with Crippen LogP contribution in [0, 0.1) is 6.92 Å². The summed E-state index contributed by atoms with van der Waals surface area (Å²) in [5.74, 6) is 0.610. The van der Waals surface area contributed by atoms with Crippen LogP contribution in [0.15, 0.2) is 11.2 Å². The van der Waals surface area contributed by atoms with Crippen molar-refractivity contribution >= 4 is 10.0 Å². The molecule has 1 fully saturated rings. The molecule has 1 aromatic rings. The molecule has 0 spiro atoms. The summed E-state index contributed by atoms with van der Waals surface area (Å²) < 4.78 is 26.0. The molecule has 0 aliphatic heterocycles. The third-order valence-corrected chi connectivity index (χ3v) is 3.83. The minimum Gasteiger partial charge on any atom is -0.332 e. The van der Waals surface area contributed by atoms with Crippen LogP contribution in [-0.4, -0.2) is 24.4 Å². The molecule has 78 valence electrons. The van der Waals surface area contributed by atoms with Crippen molar-refractivity contribution in [1.82, 2.24) is 14.7 Å². The minimum atomic E-state index is -3.37. The quantitative estimate of drug-likeness (QED) is 0.773. The topological polar surface area (TPSA) is 74.8 Å². The summed E-state index contributed by atoms with van der Waals surface area (Å²) in [5, 5.41) is 0.155. The first kappa shape index (κ1) is 9.67. The van der Waals surface area contributed by atoms with Crippen LogP contribution in [0.5, 0.6) is 0 Å². The molecule has 0 atom stereocenters. The molecule has 1 saturated carbocycles. The van der Waals surface area contributed by atoms with Crippen molar-refractivity contribution in [1.29, 1.82) is 0 Å². The number of imidazole rings is 1. The van der Waals surface area contributed by atoms with Crippen LogP contribution in [0.25, 0.3) is 0 Å². The Hall–Kier alpha value is -0.880. The highest BCUT2D eigenvalue weighted by Crippen LogP contribution is 2.20. The van der Waals surface area contributed by atoms with Gasteiger partial charge in [-0.3, -0.25) is 0 Å². The molecule has 2 N–H and O–H groups in total. The van der Waals surface area contributed by atoms with E-state index in [-0.39, 0.29) is 11.1 Å². The van der Waals surface area contributed by atoms with E-state index in [0.717, 1.165) is 19.3 Å². The van der Waals surface area contributed by atoms with Crippen LogP contribution in [0.3, 0.4) is 0 Å². The Balaban J connectivity index is 2.15. The number of hydrogen-bond acceptors (Lipinski definition) is 3. The fraction of sp³-hybridized carbons (Fsp3) is 0.625. The first-order valence-electron chi connectivity index (χ1n) is 4.62. The number of hydrogen-bond donors (Lipinski definition) is 2. The Morgan fingerprint density at radius 3 is 2.71 bits per heavy atom. The molecule has 0 aromatic carbocycles. The number of H-pyrrole nitrogens is 1. The van der Waals surface area contributed by atoms with Crippen molar-refractivity contribution in [3.8, 4) is 0 Å². The molecule has 1 aliphatic rings. The Morgan fingerprint density at radius 1 is 1.57 bits per heavy atom. The molecule has 1 aliphatic carbocycles. The fourth-order valence-electron chi connectivity index (χ4n) is 1.34. The number of aromatic amines is 1. The summed E-state index contributed by atoms with van der Waals surface area (Å²) in [7, 11) is -3.37. The fourth-order valence-corrected chi connectivity index (χ4v) is 2.62. The normalized spacial score (nSPS) is 18.1. The molecule has 1 aromatic heterocycles. The summed E-state index contributed by atoms with van der Waals surface area (Å²) >= 11 is 0. The van der Waals surface area contributed by atoms with Crippen LogP contribution in [0.2, 0.25) is 0 Å². The Kier molecular flexibility index (Phi) is 2.32. The minimum absolute atomic E-state index is 0.114. The standard InChI is InChI=1S/C8H13N3O2S/c1-6-9-5-8(10-6)14(12,13)11-7-3-2-4-7/h5,7,11H,2-4H2,1H3,(H,9,10). The summed E-state index contributed by atoms with van der Waals surface area (Å²) in [5.41, 5.74) is 0. The van der Waals surface area contributed by atoms with E-state index in [9.17, 15) is 8.42 Å². The predicted molar refractivity (Wildman–Crippen MR) is 51.3 cm³/mol. The zero-order valence-electron chi connectivity index (χ0n) is 7.95. The van der Waals surface area contributed by atoms with E-state index in [4.69, 9.17) is 0 Å². The van der Waals surface area contributed by atoms with Crippen molar-refractivity contribution < 1.29 is 8.42 Å². The van der Waals surface area contributed by atoms with E-state index in [2.05, 4.69) is 14.7 Å². The maximum Gasteiger partial charge on any atom is 0.257 e. The van der Waals surface area contributed by atoms with Gasteiger partial charge in [-0.2, -0.15) is 0 Å². The first-order valence-corrected chi connectivity index (χ1v) is 6.10. The van der Waals surface area contributed by atoms with Crippen molar-refractivity contribution in [2.45, 2.75) is 37.3 Å². The van der Waals surface area contributed by atoms with Gasteiger partial charge in [0.2, 0.25) is 0 Å². The highest BCUT2D eigenvalue weighted by atomic mass is 32.2. The molecular weight excluding hydrogens is 202 g/mol. The average molecular weight is 215 g/mol. The highest BCUT2D eigenvalue weighted by molar-refractivity contribution is 7.89. The lowest BCUT2D eigenvalue weighted by atomic mass is 9.94. The molecule has 5 nitrogen and oxygen atoms in total. The maximum atomic E-state index is 11.7. The molecule has 0 unspecified atom stereocenters. The van der Waals surface area contributed by atoms with Crippen LogP contribution >= 0.6 is 0 Å². The molecule has 6 heteroatoms. The highest BCUT2D eigenvalue weighted by Gasteiger charge is 2.25. The number of rotatable bonds is 3. The lowest BCUT2D eigenvalue weighted by Crippen LogP contribution is -2.39. The van der Waals surface area contributed by atoms with Gasteiger partial charge in [-0.05, 0) is 19.8 Å². The van der Waals surface area contributed by atoms with Crippen LogP contribution in [-0.2, 0) is 10.0 Å². The number of sulfonamides is 1. The van der Waals surface area contributed by atoms with E-state index in [1.165, 1.54) is 6.20 Å². The smallest absolute Gasteiger partial charge is 0.257 e. The monoisotopic (exact) mass is 215 g/mol. The largest absolute Gasteiger partial charge is 0.332 e. The molecule has 0 bridgehead atoms. The second-order valence-corrected chi connectivity index (χ2v) is 5.26. The van der Waals surface area contributed by atoms with Gasteiger partial charge < -0.3 is 4.98 Å². The van der Waals surface area contributed by atoms with E-state index >= 15 is 0 Å². The van der Waals surface area contributed by atoms with Gasteiger partial charge in [0.15, 0.2) is 5.03 Å². The Bertz CT molecular complexity index is 420. The molecule has 0 saturated heterocycles. The van der Waals surface area contributed by atoms with Gasteiger partial charge in [0.1, 0.15) is 5.82 Å². The lowest BCUT2D eigenvalue weighted by Gasteiger charge is -2.25. The second kappa shape index (κ2) is 3.36. The van der Waals surface area contributed by atoms with Crippen molar-refractivity contribution in [3.05, 3.63) is 12.0 Å². The molecule has 1 heterocycles. The third-order valence-electron chi connectivity index (χ3n) is 2.40. The van der Waals surface area contributed by atoms with E-state index in [0.29, 0.717) is 5.82 Å². The van der Waals surface area contributed by atoms with Crippen LogP contribution in [0.1, 0.15) is 25.1 Å². The zero-order valence-corrected chi connectivity index (χ0v) is 8.76. The van der Waals surface area contributed by atoms with Crippen LogP contribution in [0.4, 0.5) is 0 Å². The number of nitrogens with zero attached hydrogens (tertiary/aromatic N) is 1. The second-order valence-electron chi connectivity index (χ2n) is 3.58. The SMILES string of the molecule is Cc1ncc(S(=O)(=O)NC2CCC2)[nH]1. The van der Waals surface area contributed by atoms with Gasteiger partial charge in [-0.25, -0.2) is 18.1 Å². The Labute approximate surface area is 83.0 Å². The summed E-state index contributed by atoms with van der Waals surface area (Å²) in [6.07, 6.45) is 4.32. The molecular formula is C8H13N3O2S. The predicted octanol–water partition coefficient (Wildman–Crippen LogP) is 0.549. The molecule has 0 amide bonds. The average Bonchev–Trinajstić information content (AvgIpc) is 2.45. The summed E-state index contributed by atoms with van der Waals surface area (Å²) in [4.78, 5) is 6.57. The van der Waals surface area contributed by atoms with Crippen LogP contribution < -0.4 is 4.72 Å². The van der Waals surface area contributed by atoms with E-state index in [1.807, 2.05) is 0 Å². The summed E-state index contributed by atoms with van der Waals surface area (Å²) in [6, 6.07) is 0.114. The van der Waals surface area contributed by atoms with E-state index in [1.54, 1.807) is 6.92 Å². The lowest BCUT2D eigenvalue weighted by molar-refractivity contribution is 0.383. The number of aromatic nitrogens is 2. The van der Waals surface area contributed by atoms with Crippen molar-refractivity contribution in [2.75, 3.05) is 0 Å². The summed E-state index contributed by atoms with van der Waals surface area (Å²) in [6.45, 7) is 1.72. The first-order chi connectivity index (χ1) is 6.58. The Morgan fingerprint density at radius 2 is 2.29 bits per heavy atom.